The molecule has 0 spiro atoms. The second-order valence-corrected chi connectivity index (χ2v) is 6.11. The van der Waals surface area contributed by atoms with Crippen LogP contribution in [0, 0.1) is 11.6 Å². The van der Waals surface area contributed by atoms with Gasteiger partial charge in [0, 0.05) is 35.7 Å². The molecule has 0 amide bonds. The van der Waals surface area contributed by atoms with E-state index in [2.05, 4.69) is 4.98 Å². The number of carbonyl (C=O) groups excluding carboxylic acids is 2. The summed E-state index contributed by atoms with van der Waals surface area (Å²) in [5.41, 5.74) is 1.63. The van der Waals surface area contributed by atoms with E-state index in [0.29, 0.717) is 16.5 Å². The Kier molecular flexibility index (Phi) is 5.67. The number of carbonyl (C=O) groups is 2. The molecule has 2 aromatic heterocycles. The van der Waals surface area contributed by atoms with E-state index in [1.54, 1.807) is 23.8 Å². The lowest BCUT2D eigenvalue weighted by molar-refractivity contribution is -0.142. The third-order valence-corrected chi connectivity index (χ3v) is 4.12. The molecule has 0 aliphatic rings. The largest absolute Gasteiger partial charge is 0.461 e. The molecular formula is C20H18F2N2O4. The van der Waals surface area contributed by atoms with Gasteiger partial charge in [0.15, 0.2) is 0 Å². The Morgan fingerprint density at radius 2 is 1.93 bits per heavy atom. The SMILES string of the molecule is CCOC(=O)c1cc2c(COC(C)=O)cn(Cc3ccc(F)cc3F)c2cn1. The standard InChI is InChI=1S/C20H18F2N2O4/c1-3-27-20(26)18-7-16-14(11-28-12(2)25)10-24(19(16)8-23-18)9-13-4-5-15(21)6-17(13)22/h4-8,10H,3,9,11H2,1-2H3. The first-order chi connectivity index (χ1) is 13.4. The zero-order valence-electron chi connectivity index (χ0n) is 15.4. The van der Waals surface area contributed by atoms with E-state index in [0.717, 1.165) is 6.07 Å². The number of halogens is 2. The Balaban J connectivity index is 2.04. The molecule has 8 heteroatoms. The first-order valence-corrected chi connectivity index (χ1v) is 8.61. The Bertz CT molecular complexity index is 1050. The Labute approximate surface area is 159 Å². The van der Waals surface area contributed by atoms with Gasteiger partial charge in [-0.1, -0.05) is 6.07 Å². The van der Waals surface area contributed by atoms with Gasteiger partial charge >= 0.3 is 11.9 Å². The van der Waals surface area contributed by atoms with Crippen LogP contribution in [-0.4, -0.2) is 28.1 Å². The molecule has 0 saturated heterocycles. The molecule has 6 nitrogen and oxygen atoms in total. The summed E-state index contributed by atoms with van der Waals surface area (Å²) in [7, 11) is 0. The fourth-order valence-corrected chi connectivity index (χ4v) is 2.84. The van der Waals surface area contributed by atoms with Crippen molar-refractivity contribution in [2.45, 2.75) is 27.0 Å². The summed E-state index contributed by atoms with van der Waals surface area (Å²) in [5.74, 6) is -2.35. The van der Waals surface area contributed by atoms with Crippen molar-refractivity contribution < 1.29 is 27.8 Å². The minimum atomic E-state index is -0.667. The van der Waals surface area contributed by atoms with Crippen molar-refractivity contribution in [1.82, 2.24) is 9.55 Å². The van der Waals surface area contributed by atoms with E-state index >= 15 is 0 Å². The predicted molar refractivity (Wildman–Crippen MR) is 96.6 cm³/mol. The molecular weight excluding hydrogens is 370 g/mol. The smallest absolute Gasteiger partial charge is 0.356 e. The van der Waals surface area contributed by atoms with Gasteiger partial charge in [-0.3, -0.25) is 4.79 Å². The van der Waals surface area contributed by atoms with E-state index < -0.39 is 23.6 Å². The maximum Gasteiger partial charge on any atom is 0.356 e. The maximum atomic E-state index is 14.1. The quantitative estimate of drug-likeness (QED) is 0.604. The third kappa shape index (κ3) is 4.16. The molecule has 3 rings (SSSR count). The minimum absolute atomic E-state index is 0.0169. The number of nitrogens with zero attached hydrogens (tertiary/aromatic N) is 2. The number of esters is 2. The third-order valence-electron chi connectivity index (χ3n) is 4.12. The molecule has 0 aliphatic heterocycles. The lowest BCUT2D eigenvalue weighted by atomic mass is 10.2. The number of hydrogen-bond donors (Lipinski definition) is 0. The lowest BCUT2D eigenvalue weighted by Crippen LogP contribution is -2.07. The number of pyridine rings is 1. The van der Waals surface area contributed by atoms with E-state index in [1.807, 2.05) is 0 Å². The Morgan fingerprint density at radius 1 is 1.14 bits per heavy atom. The van der Waals surface area contributed by atoms with Crippen molar-refractivity contribution in [3.05, 3.63) is 65.1 Å². The van der Waals surface area contributed by atoms with Crippen LogP contribution < -0.4 is 0 Å². The summed E-state index contributed by atoms with van der Waals surface area (Å²) < 4.78 is 38.9. The van der Waals surface area contributed by atoms with Crippen LogP contribution in [0.4, 0.5) is 8.78 Å². The lowest BCUT2D eigenvalue weighted by Gasteiger charge is -2.07. The second-order valence-electron chi connectivity index (χ2n) is 6.11. The van der Waals surface area contributed by atoms with Crippen molar-refractivity contribution in [3.63, 3.8) is 0 Å². The highest BCUT2D eigenvalue weighted by molar-refractivity contribution is 5.93. The van der Waals surface area contributed by atoms with Gasteiger partial charge in [0.25, 0.3) is 0 Å². The van der Waals surface area contributed by atoms with Crippen molar-refractivity contribution in [1.29, 1.82) is 0 Å². The molecule has 0 saturated carbocycles. The second kappa shape index (κ2) is 8.16. The number of ether oxygens (including phenoxy) is 2. The van der Waals surface area contributed by atoms with Gasteiger partial charge in [-0.25, -0.2) is 18.6 Å². The summed E-state index contributed by atoms with van der Waals surface area (Å²) in [6.45, 7) is 3.29. The first-order valence-electron chi connectivity index (χ1n) is 8.61. The molecule has 0 unspecified atom stereocenters. The van der Waals surface area contributed by atoms with Crippen LogP contribution in [0.5, 0.6) is 0 Å². The summed E-state index contributed by atoms with van der Waals surface area (Å²) in [4.78, 5) is 27.3. The average molecular weight is 388 g/mol. The van der Waals surface area contributed by atoms with Crippen LogP contribution in [0.3, 0.4) is 0 Å². The van der Waals surface area contributed by atoms with Crippen molar-refractivity contribution >= 4 is 22.8 Å². The fourth-order valence-electron chi connectivity index (χ4n) is 2.84. The van der Waals surface area contributed by atoms with Crippen LogP contribution in [0.25, 0.3) is 10.9 Å². The number of rotatable bonds is 6. The summed E-state index contributed by atoms with van der Waals surface area (Å²) in [6, 6.07) is 4.91. The van der Waals surface area contributed by atoms with E-state index in [9.17, 15) is 18.4 Å². The topological polar surface area (TPSA) is 70.4 Å². The van der Waals surface area contributed by atoms with Gasteiger partial charge in [0.05, 0.1) is 24.9 Å². The van der Waals surface area contributed by atoms with Crippen molar-refractivity contribution in [2.75, 3.05) is 6.61 Å². The molecule has 0 radical (unpaired) electrons. The molecule has 2 heterocycles. The number of fused-ring (bicyclic) bond motifs is 1. The van der Waals surface area contributed by atoms with Crippen molar-refractivity contribution in [2.24, 2.45) is 0 Å². The molecule has 3 aromatic rings. The number of hydrogen-bond acceptors (Lipinski definition) is 5. The Hall–Kier alpha value is -3.29. The van der Waals surface area contributed by atoms with E-state index in [-0.39, 0.29) is 31.0 Å². The zero-order valence-corrected chi connectivity index (χ0v) is 15.4. The number of aromatic nitrogens is 2. The van der Waals surface area contributed by atoms with Crippen LogP contribution in [0.15, 0.2) is 36.7 Å². The van der Waals surface area contributed by atoms with Gasteiger partial charge in [-0.05, 0) is 19.1 Å². The predicted octanol–water partition coefficient (Wildman–Crippen LogP) is 3.60. The van der Waals surface area contributed by atoms with E-state index in [4.69, 9.17) is 9.47 Å². The maximum absolute atomic E-state index is 14.1. The highest BCUT2D eigenvalue weighted by Crippen LogP contribution is 2.25. The Morgan fingerprint density at radius 3 is 2.61 bits per heavy atom. The van der Waals surface area contributed by atoms with Crippen molar-refractivity contribution in [3.8, 4) is 0 Å². The van der Waals surface area contributed by atoms with Crippen LogP contribution >= 0.6 is 0 Å². The van der Waals surface area contributed by atoms with E-state index in [1.165, 1.54) is 25.3 Å². The summed E-state index contributed by atoms with van der Waals surface area (Å²) in [5, 5.41) is 0.627. The van der Waals surface area contributed by atoms with Gasteiger partial charge in [0.2, 0.25) is 0 Å². The highest BCUT2D eigenvalue weighted by Gasteiger charge is 2.16. The average Bonchev–Trinajstić information content (AvgIpc) is 2.99. The molecule has 0 bridgehead atoms. The molecule has 28 heavy (non-hydrogen) atoms. The van der Waals surface area contributed by atoms with Gasteiger partial charge in [0.1, 0.15) is 23.9 Å². The summed E-state index contributed by atoms with van der Waals surface area (Å²) >= 11 is 0. The normalized spacial score (nSPS) is 10.9. The first kappa shape index (κ1) is 19.5. The molecule has 0 atom stereocenters. The zero-order chi connectivity index (χ0) is 20.3. The minimum Gasteiger partial charge on any atom is -0.461 e. The van der Waals surface area contributed by atoms with Gasteiger partial charge < -0.3 is 14.0 Å². The molecule has 0 aliphatic carbocycles. The van der Waals surface area contributed by atoms with Gasteiger partial charge in [-0.15, -0.1) is 0 Å². The molecule has 1 aromatic carbocycles. The number of benzene rings is 1. The fraction of sp³-hybridized carbons (Fsp3) is 0.250. The van der Waals surface area contributed by atoms with Crippen LogP contribution in [0.2, 0.25) is 0 Å². The molecule has 0 fully saturated rings. The van der Waals surface area contributed by atoms with Crippen LogP contribution in [-0.2, 0) is 27.4 Å². The van der Waals surface area contributed by atoms with Gasteiger partial charge in [-0.2, -0.15) is 0 Å². The summed E-state index contributed by atoms with van der Waals surface area (Å²) in [6.07, 6.45) is 3.16. The highest BCUT2D eigenvalue weighted by atomic mass is 19.1. The molecule has 0 N–H and O–H groups in total. The molecule has 146 valence electrons. The monoisotopic (exact) mass is 388 g/mol. The van der Waals surface area contributed by atoms with Crippen LogP contribution in [0.1, 0.15) is 35.5 Å².